The molecule has 0 N–H and O–H groups in total. The highest BCUT2D eigenvalue weighted by molar-refractivity contribution is 5.11. The number of nitrogens with zero attached hydrogens (tertiary/aromatic N) is 1. The van der Waals surface area contributed by atoms with Crippen molar-refractivity contribution in [1.82, 2.24) is 4.98 Å². The fourth-order valence-corrected chi connectivity index (χ4v) is 3.29. The molecule has 1 aliphatic rings. The third kappa shape index (κ3) is 4.53. The van der Waals surface area contributed by atoms with Crippen LogP contribution in [0, 0.1) is 23.7 Å². The minimum Gasteiger partial charge on any atom is -0.190 e. The van der Waals surface area contributed by atoms with Gasteiger partial charge in [-0.2, -0.15) is 13.8 Å². The van der Waals surface area contributed by atoms with E-state index in [2.05, 4.69) is 11.9 Å². The SMILES string of the molecule is CCCC[C@H]1CC[C@H](CCc2ccc(F)nc2F)CC1. The Morgan fingerprint density at radius 1 is 1.05 bits per heavy atom. The fourth-order valence-electron chi connectivity index (χ4n) is 3.29. The van der Waals surface area contributed by atoms with Crippen LogP contribution in [0.3, 0.4) is 0 Å². The van der Waals surface area contributed by atoms with Crippen LogP contribution in [0.15, 0.2) is 12.1 Å². The zero-order valence-electron chi connectivity index (χ0n) is 12.4. The Morgan fingerprint density at radius 2 is 1.70 bits per heavy atom. The van der Waals surface area contributed by atoms with Crippen LogP contribution < -0.4 is 0 Å². The third-order valence-electron chi connectivity index (χ3n) is 4.65. The summed E-state index contributed by atoms with van der Waals surface area (Å²) in [5, 5.41) is 0. The van der Waals surface area contributed by atoms with Gasteiger partial charge in [-0.15, -0.1) is 0 Å². The predicted molar refractivity (Wildman–Crippen MR) is 77.4 cm³/mol. The molecule has 0 aromatic carbocycles. The molecule has 0 saturated heterocycles. The van der Waals surface area contributed by atoms with Crippen molar-refractivity contribution < 1.29 is 8.78 Å². The molecule has 1 nitrogen and oxygen atoms in total. The summed E-state index contributed by atoms with van der Waals surface area (Å²) in [7, 11) is 0. The molecule has 0 bridgehead atoms. The van der Waals surface area contributed by atoms with E-state index in [1.165, 1.54) is 57.1 Å². The number of aromatic nitrogens is 1. The molecular formula is C17H25F2N. The van der Waals surface area contributed by atoms with Crippen LogP contribution in [-0.4, -0.2) is 4.98 Å². The fraction of sp³-hybridized carbons (Fsp3) is 0.706. The van der Waals surface area contributed by atoms with Gasteiger partial charge in [0.25, 0.3) is 0 Å². The average Bonchev–Trinajstić information content (AvgIpc) is 2.45. The van der Waals surface area contributed by atoms with Gasteiger partial charge in [-0.05, 0) is 36.8 Å². The summed E-state index contributed by atoms with van der Waals surface area (Å²) in [4.78, 5) is 3.25. The van der Waals surface area contributed by atoms with E-state index in [9.17, 15) is 8.78 Å². The van der Waals surface area contributed by atoms with E-state index in [1.54, 1.807) is 0 Å². The minimum absolute atomic E-state index is 0.555. The van der Waals surface area contributed by atoms with Crippen LogP contribution in [0.5, 0.6) is 0 Å². The second-order valence-electron chi connectivity index (χ2n) is 6.15. The number of halogens is 2. The van der Waals surface area contributed by atoms with Crippen LogP contribution in [0.2, 0.25) is 0 Å². The molecule has 0 aliphatic heterocycles. The predicted octanol–water partition coefficient (Wildman–Crippen LogP) is 5.29. The van der Waals surface area contributed by atoms with Gasteiger partial charge in [-0.25, -0.2) is 0 Å². The number of hydrogen-bond donors (Lipinski definition) is 0. The van der Waals surface area contributed by atoms with Gasteiger partial charge in [-0.3, -0.25) is 0 Å². The molecule has 0 amide bonds. The standard InChI is InChI=1S/C17H25F2N/c1-2-3-4-13-5-7-14(8-6-13)9-10-15-11-12-16(18)20-17(15)19/h11-14H,2-10H2,1H3/t13-,14-. The maximum Gasteiger partial charge on any atom is 0.218 e. The quantitative estimate of drug-likeness (QED) is 0.646. The normalized spacial score (nSPS) is 22.9. The second kappa shape index (κ2) is 7.70. The summed E-state index contributed by atoms with van der Waals surface area (Å²) in [6.45, 7) is 2.25. The third-order valence-corrected chi connectivity index (χ3v) is 4.65. The minimum atomic E-state index is -0.734. The van der Waals surface area contributed by atoms with Crippen LogP contribution in [0.4, 0.5) is 8.78 Å². The Kier molecular flexibility index (Phi) is 5.93. The van der Waals surface area contributed by atoms with Crippen LogP contribution in [0.25, 0.3) is 0 Å². The van der Waals surface area contributed by atoms with Gasteiger partial charge in [0.15, 0.2) is 0 Å². The molecule has 20 heavy (non-hydrogen) atoms. The van der Waals surface area contributed by atoms with Gasteiger partial charge in [0.2, 0.25) is 11.9 Å². The number of rotatable bonds is 6. The monoisotopic (exact) mass is 281 g/mol. The number of pyridine rings is 1. The van der Waals surface area contributed by atoms with Gasteiger partial charge < -0.3 is 0 Å². The largest absolute Gasteiger partial charge is 0.218 e. The van der Waals surface area contributed by atoms with Crippen LogP contribution in [0.1, 0.15) is 63.9 Å². The first-order chi connectivity index (χ1) is 9.69. The molecular weight excluding hydrogens is 256 g/mol. The second-order valence-corrected chi connectivity index (χ2v) is 6.15. The lowest BCUT2D eigenvalue weighted by Crippen LogP contribution is -2.15. The first-order valence-electron chi connectivity index (χ1n) is 8.00. The van der Waals surface area contributed by atoms with Crippen molar-refractivity contribution in [2.24, 2.45) is 11.8 Å². The number of hydrogen-bond acceptors (Lipinski definition) is 1. The van der Waals surface area contributed by atoms with E-state index in [1.807, 2.05) is 0 Å². The van der Waals surface area contributed by atoms with Crippen molar-refractivity contribution >= 4 is 0 Å². The molecule has 0 spiro atoms. The van der Waals surface area contributed by atoms with Crippen LogP contribution >= 0.6 is 0 Å². The van der Waals surface area contributed by atoms with Crippen molar-refractivity contribution in [3.63, 3.8) is 0 Å². The van der Waals surface area contributed by atoms with Crippen molar-refractivity contribution in [3.8, 4) is 0 Å². The molecule has 0 atom stereocenters. The zero-order chi connectivity index (χ0) is 14.4. The smallest absolute Gasteiger partial charge is 0.190 e. The van der Waals surface area contributed by atoms with Crippen molar-refractivity contribution in [2.45, 2.75) is 64.7 Å². The first kappa shape index (κ1) is 15.4. The first-order valence-corrected chi connectivity index (χ1v) is 8.00. The summed E-state index contributed by atoms with van der Waals surface area (Å²) in [6, 6.07) is 2.78. The Morgan fingerprint density at radius 3 is 2.30 bits per heavy atom. The molecule has 1 aromatic rings. The molecule has 0 radical (unpaired) electrons. The molecule has 2 rings (SSSR count). The summed E-state index contributed by atoms with van der Waals surface area (Å²) in [5.41, 5.74) is 0.555. The lowest BCUT2D eigenvalue weighted by Gasteiger charge is -2.28. The van der Waals surface area contributed by atoms with Gasteiger partial charge in [0.05, 0.1) is 0 Å². The van der Waals surface area contributed by atoms with E-state index in [-0.39, 0.29) is 0 Å². The average molecular weight is 281 g/mol. The van der Waals surface area contributed by atoms with Crippen molar-refractivity contribution in [3.05, 3.63) is 29.6 Å². The molecule has 1 aromatic heterocycles. The molecule has 3 heteroatoms. The maximum atomic E-state index is 13.5. The lowest BCUT2D eigenvalue weighted by molar-refractivity contribution is 0.249. The summed E-state index contributed by atoms with van der Waals surface area (Å²) in [6.07, 6.45) is 10.9. The topological polar surface area (TPSA) is 12.9 Å². The van der Waals surface area contributed by atoms with Crippen molar-refractivity contribution in [1.29, 1.82) is 0 Å². The van der Waals surface area contributed by atoms with E-state index >= 15 is 0 Å². The van der Waals surface area contributed by atoms with E-state index in [0.29, 0.717) is 17.9 Å². The molecule has 1 fully saturated rings. The Hall–Kier alpha value is -0.990. The highest BCUT2D eigenvalue weighted by Gasteiger charge is 2.21. The molecule has 1 aliphatic carbocycles. The molecule has 1 saturated carbocycles. The van der Waals surface area contributed by atoms with E-state index in [0.717, 1.165) is 12.3 Å². The highest BCUT2D eigenvalue weighted by atomic mass is 19.1. The van der Waals surface area contributed by atoms with Gasteiger partial charge >= 0.3 is 0 Å². The lowest BCUT2D eigenvalue weighted by atomic mass is 9.78. The Bertz CT molecular complexity index is 411. The zero-order valence-corrected chi connectivity index (χ0v) is 12.4. The maximum absolute atomic E-state index is 13.5. The molecule has 0 unspecified atom stereocenters. The molecule has 1 heterocycles. The Balaban J connectivity index is 1.73. The summed E-state index contributed by atoms with van der Waals surface area (Å²) in [5.74, 6) is 0.247. The molecule has 112 valence electrons. The van der Waals surface area contributed by atoms with E-state index < -0.39 is 11.9 Å². The van der Waals surface area contributed by atoms with Crippen LogP contribution in [-0.2, 0) is 6.42 Å². The van der Waals surface area contributed by atoms with Gasteiger partial charge in [-0.1, -0.05) is 51.9 Å². The number of aryl methyl sites for hydroxylation is 1. The summed E-state index contributed by atoms with van der Waals surface area (Å²) < 4.78 is 26.2. The van der Waals surface area contributed by atoms with Crippen molar-refractivity contribution in [2.75, 3.05) is 0 Å². The highest BCUT2D eigenvalue weighted by Crippen LogP contribution is 2.34. The van der Waals surface area contributed by atoms with Gasteiger partial charge in [0, 0.05) is 5.56 Å². The summed E-state index contributed by atoms with van der Waals surface area (Å²) >= 11 is 0. The van der Waals surface area contributed by atoms with E-state index in [4.69, 9.17) is 0 Å². The van der Waals surface area contributed by atoms with Gasteiger partial charge in [0.1, 0.15) is 0 Å². The Labute approximate surface area is 120 Å². The number of unbranched alkanes of at least 4 members (excludes halogenated alkanes) is 1.